The van der Waals surface area contributed by atoms with E-state index >= 15 is 0 Å². The summed E-state index contributed by atoms with van der Waals surface area (Å²) in [7, 11) is 0. The van der Waals surface area contributed by atoms with E-state index in [1.807, 2.05) is 13.8 Å². The highest BCUT2D eigenvalue weighted by Crippen LogP contribution is 2.26. The molecule has 1 aliphatic rings. The molecule has 0 bridgehead atoms. The number of aliphatic hydroxyl groups is 1. The van der Waals surface area contributed by atoms with Crippen molar-refractivity contribution in [1.29, 1.82) is 0 Å². The first-order valence-corrected chi connectivity index (χ1v) is 7.94. The summed E-state index contributed by atoms with van der Waals surface area (Å²) >= 11 is 3.65. The van der Waals surface area contributed by atoms with Crippen LogP contribution in [0.25, 0.3) is 0 Å². The highest BCUT2D eigenvalue weighted by molar-refractivity contribution is 9.10. The van der Waals surface area contributed by atoms with Crippen molar-refractivity contribution < 1.29 is 5.11 Å². The molecule has 4 nitrogen and oxygen atoms in total. The zero-order chi connectivity index (χ0) is 14.0. The minimum Gasteiger partial charge on any atom is -0.393 e. The van der Waals surface area contributed by atoms with Crippen LogP contribution in [0.4, 0.5) is 0 Å². The van der Waals surface area contributed by atoms with E-state index in [1.165, 1.54) is 5.69 Å². The number of nitrogens with zero attached hydrogens (tertiary/aromatic N) is 3. The summed E-state index contributed by atoms with van der Waals surface area (Å²) in [5.74, 6) is 0.470. The average Bonchev–Trinajstić information content (AvgIpc) is 2.67. The van der Waals surface area contributed by atoms with Crippen LogP contribution >= 0.6 is 15.9 Å². The van der Waals surface area contributed by atoms with Gasteiger partial charge in [-0.25, -0.2) is 0 Å². The van der Waals surface area contributed by atoms with Gasteiger partial charge in [-0.15, -0.1) is 0 Å². The Labute approximate surface area is 123 Å². The number of aliphatic hydroxyl groups excluding tert-OH is 1. The Morgan fingerprint density at radius 3 is 2.58 bits per heavy atom. The Morgan fingerprint density at radius 2 is 2.05 bits per heavy atom. The summed E-state index contributed by atoms with van der Waals surface area (Å²) in [4.78, 5) is 2.46. The molecule has 19 heavy (non-hydrogen) atoms. The lowest BCUT2D eigenvalue weighted by Gasteiger charge is -2.33. The van der Waals surface area contributed by atoms with Crippen molar-refractivity contribution in [3.63, 3.8) is 0 Å². The molecule has 0 saturated carbocycles. The smallest absolute Gasteiger partial charge is 0.0739 e. The molecule has 5 heteroatoms. The summed E-state index contributed by atoms with van der Waals surface area (Å²) < 4.78 is 3.23. The maximum Gasteiger partial charge on any atom is 0.0739 e. The number of rotatable bonds is 4. The zero-order valence-electron chi connectivity index (χ0n) is 12.1. The third-order valence-electron chi connectivity index (χ3n) is 4.14. The van der Waals surface area contributed by atoms with Gasteiger partial charge < -0.3 is 5.11 Å². The number of hydrogen-bond acceptors (Lipinski definition) is 3. The maximum atomic E-state index is 9.64. The third-order valence-corrected chi connectivity index (χ3v) is 5.17. The van der Waals surface area contributed by atoms with Gasteiger partial charge in [-0.2, -0.15) is 5.10 Å². The second-order valence-electron chi connectivity index (χ2n) is 5.52. The molecular weight excluding hydrogens is 306 g/mol. The summed E-state index contributed by atoms with van der Waals surface area (Å²) in [5, 5.41) is 14.2. The predicted octanol–water partition coefficient (Wildman–Crippen LogP) is 2.57. The molecule has 1 unspecified atom stereocenters. The highest BCUT2D eigenvalue weighted by Gasteiger charge is 2.24. The molecule has 1 saturated heterocycles. The summed E-state index contributed by atoms with van der Waals surface area (Å²) in [6.45, 7) is 10.1. The standard InChI is InChI=1S/C14H24BrN3O/c1-4-18-13(14(15)10(2)16-18)9-17-7-5-12(6-8-17)11(3)19/h11-12,19H,4-9H2,1-3H3. The molecule has 2 rings (SSSR count). The first-order chi connectivity index (χ1) is 9.02. The molecule has 1 atom stereocenters. The van der Waals surface area contributed by atoms with Crippen LogP contribution in [0.2, 0.25) is 0 Å². The van der Waals surface area contributed by atoms with Crippen LogP contribution in [-0.2, 0) is 13.1 Å². The Hall–Kier alpha value is -0.390. The first kappa shape index (κ1) is 15.0. The fourth-order valence-corrected chi connectivity index (χ4v) is 3.23. The van der Waals surface area contributed by atoms with Crippen LogP contribution in [-0.4, -0.2) is 39.0 Å². The molecule has 0 radical (unpaired) electrons. The quantitative estimate of drug-likeness (QED) is 0.923. The molecule has 2 heterocycles. The fourth-order valence-electron chi connectivity index (χ4n) is 2.83. The predicted molar refractivity (Wildman–Crippen MR) is 80.0 cm³/mol. The monoisotopic (exact) mass is 329 g/mol. The fraction of sp³-hybridized carbons (Fsp3) is 0.786. The van der Waals surface area contributed by atoms with Crippen LogP contribution in [0.1, 0.15) is 38.1 Å². The first-order valence-electron chi connectivity index (χ1n) is 7.15. The van der Waals surface area contributed by atoms with Crippen LogP contribution in [0.5, 0.6) is 0 Å². The molecule has 0 aliphatic carbocycles. The van der Waals surface area contributed by atoms with Crippen LogP contribution in [0.3, 0.4) is 0 Å². The van der Waals surface area contributed by atoms with Gasteiger partial charge in [-0.3, -0.25) is 9.58 Å². The normalized spacial score (nSPS) is 19.8. The third kappa shape index (κ3) is 3.38. The number of aromatic nitrogens is 2. The van der Waals surface area contributed by atoms with Crippen LogP contribution in [0.15, 0.2) is 4.47 Å². The van der Waals surface area contributed by atoms with Gasteiger partial charge in [0, 0.05) is 13.1 Å². The Balaban J connectivity index is 1.99. The van der Waals surface area contributed by atoms with Crippen molar-refractivity contribution in [2.24, 2.45) is 5.92 Å². The second-order valence-corrected chi connectivity index (χ2v) is 6.31. The minimum absolute atomic E-state index is 0.169. The lowest BCUT2D eigenvalue weighted by atomic mass is 9.92. The van der Waals surface area contributed by atoms with Crippen LogP contribution < -0.4 is 0 Å². The van der Waals surface area contributed by atoms with E-state index in [9.17, 15) is 5.11 Å². The van der Waals surface area contributed by atoms with Gasteiger partial charge in [0.2, 0.25) is 0 Å². The van der Waals surface area contributed by atoms with E-state index in [0.717, 1.165) is 49.2 Å². The molecule has 1 aromatic heterocycles. The lowest BCUT2D eigenvalue weighted by molar-refractivity contribution is 0.0686. The van der Waals surface area contributed by atoms with Gasteiger partial charge in [0.05, 0.1) is 22.0 Å². The number of likely N-dealkylation sites (tertiary alicyclic amines) is 1. The molecule has 1 N–H and O–H groups in total. The summed E-state index contributed by atoms with van der Waals surface area (Å²) in [5.41, 5.74) is 2.34. The molecule has 1 fully saturated rings. The maximum absolute atomic E-state index is 9.64. The molecule has 108 valence electrons. The van der Waals surface area contributed by atoms with Crippen molar-refractivity contribution in [3.05, 3.63) is 15.9 Å². The van der Waals surface area contributed by atoms with E-state index < -0.39 is 0 Å². The molecule has 0 spiro atoms. The van der Waals surface area contributed by atoms with E-state index in [4.69, 9.17) is 0 Å². The average molecular weight is 330 g/mol. The summed E-state index contributed by atoms with van der Waals surface area (Å²) in [6.07, 6.45) is 2.01. The Morgan fingerprint density at radius 1 is 1.42 bits per heavy atom. The molecule has 0 amide bonds. The van der Waals surface area contributed by atoms with Crippen molar-refractivity contribution >= 4 is 15.9 Å². The zero-order valence-corrected chi connectivity index (χ0v) is 13.7. The molecule has 0 aromatic carbocycles. The largest absolute Gasteiger partial charge is 0.393 e. The summed E-state index contributed by atoms with van der Waals surface area (Å²) in [6, 6.07) is 0. The van der Waals surface area contributed by atoms with Crippen molar-refractivity contribution in [2.75, 3.05) is 13.1 Å². The van der Waals surface area contributed by atoms with Crippen molar-refractivity contribution in [1.82, 2.24) is 14.7 Å². The lowest BCUT2D eigenvalue weighted by Crippen LogP contribution is -2.37. The van der Waals surface area contributed by atoms with E-state index in [1.54, 1.807) is 0 Å². The Kier molecular flexibility index (Phi) is 5.03. The Bertz CT molecular complexity index is 423. The second kappa shape index (κ2) is 6.37. The number of halogens is 1. The van der Waals surface area contributed by atoms with Crippen molar-refractivity contribution in [2.45, 2.75) is 52.8 Å². The molecular formula is C14H24BrN3O. The van der Waals surface area contributed by atoms with Gasteiger partial charge in [-0.05, 0) is 68.6 Å². The SMILES string of the molecule is CCn1nc(C)c(Br)c1CN1CCC(C(C)O)CC1. The van der Waals surface area contributed by atoms with Gasteiger partial charge in [-0.1, -0.05) is 0 Å². The number of piperidine rings is 1. The van der Waals surface area contributed by atoms with Gasteiger partial charge in [0.25, 0.3) is 0 Å². The van der Waals surface area contributed by atoms with E-state index in [2.05, 4.69) is 37.5 Å². The number of hydrogen-bond donors (Lipinski definition) is 1. The van der Waals surface area contributed by atoms with Crippen molar-refractivity contribution in [3.8, 4) is 0 Å². The van der Waals surface area contributed by atoms with E-state index in [-0.39, 0.29) is 6.10 Å². The number of aryl methyl sites for hydroxylation is 2. The molecule has 1 aliphatic heterocycles. The van der Waals surface area contributed by atoms with Crippen LogP contribution in [0, 0.1) is 12.8 Å². The van der Waals surface area contributed by atoms with Gasteiger partial charge in [0.15, 0.2) is 0 Å². The topological polar surface area (TPSA) is 41.3 Å². The minimum atomic E-state index is -0.169. The van der Waals surface area contributed by atoms with E-state index in [0.29, 0.717) is 5.92 Å². The van der Waals surface area contributed by atoms with Gasteiger partial charge >= 0.3 is 0 Å². The molecule has 1 aromatic rings. The van der Waals surface area contributed by atoms with Gasteiger partial charge in [0.1, 0.15) is 0 Å². The highest BCUT2D eigenvalue weighted by atomic mass is 79.9.